The number of nitriles is 1. The second-order valence-electron chi connectivity index (χ2n) is 9.97. The number of amides is 1. The highest BCUT2D eigenvalue weighted by Crippen LogP contribution is 2.32. The number of nitrogens with zero attached hydrogens (tertiary/aromatic N) is 2. The van der Waals surface area contributed by atoms with Gasteiger partial charge in [-0.15, -0.1) is 0 Å². The fourth-order valence-corrected chi connectivity index (χ4v) is 4.81. The van der Waals surface area contributed by atoms with Crippen molar-refractivity contribution in [2.45, 2.75) is 84.0 Å². The van der Waals surface area contributed by atoms with Gasteiger partial charge in [0.2, 0.25) is 0 Å². The van der Waals surface area contributed by atoms with Crippen LogP contribution in [0.2, 0.25) is 0 Å². The highest BCUT2D eigenvalue weighted by Gasteiger charge is 2.41. The molecule has 0 atom stereocenters. The summed E-state index contributed by atoms with van der Waals surface area (Å²) >= 11 is 0. The molecule has 1 saturated heterocycles. The normalized spacial score (nSPS) is 17.5. The summed E-state index contributed by atoms with van der Waals surface area (Å²) in [5.41, 5.74) is 0.373. The van der Waals surface area contributed by atoms with E-state index in [-0.39, 0.29) is 29.6 Å². The molecule has 2 heterocycles. The lowest BCUT2D eigenvalue weighted by atomic mass is 9.79. The molecule has 1 aliphatic rings. The van der Waals surface area contributed by atoms with E-state index in [1.807, 2.05) is 11.0 Å². The van der Waals surface area contributed by atoms with E-state index >= 15 is 0 Å². The SMILES string of the molecule is CCCCN(C(=O)c1ccc(COc2ccccc2C#N)o1)C1CC(C)(C)NC(C)(C)C1. The van der Waals surface area contributed by atoms with Crippen LogP contribution in [0.15, 0.2) is 40.8 Å². The lowest BCUT2D eigenvalue weighted by Gasteiger charge is -2.49. The molecule has 172 valence electrons. The molecule has 1 N–H and O–H groups in total. The van der Waals surface area contributed by atoms with Crippen molar-refractivity contribution in [2.24, 2.45) is 0 Å². The number of unbranched alkanes of at least 4 members (excludes halogenated alkanes) is 1. The number of hydrogen-bond donors (Lipinski definition) is 1. The lowest BCUT2D eigenvalue weighted by molar-refractivity contribution is 0.0412. The molecule has 0 radical (unpaired) electrons. The van der Waals surface area contributed by atoms with Crippen LogP contribution in [0, 0.1) is 11.3 Å². The van der Waals surface area contributed by atoms with Crippen LogP contribution < -0.4 is 10.1 Å². The molecule has 1 aromatic carbocycles. The fourth-order valence-electron chi connectivity index (χ4n) is 4.81. The van der Waals surface area contributed by atoms with Gasteiger partial charge in [-0.1, -0.05) is 25.5 Å². The van der Waals surface area contributed by atoms with E-state index in [0.717, 1.165) is 25.7 Å². The smallest absolute Gasteiger partial charge is 0.289 e. The van der Waals surface area contributed by atoms with Gasteiger partial charge in [0, 0.05) is 23.7 Å². The summed E-state index contributed by atoms with van der Waals surface area (Å²) in [6.07, 6.45) is 3.77. The molecule has 0 aliphatic carbocycles. The summed E-state index contributed by atoms with van der Waals surface area (Å²) in [4.78, 5) is 15.5. The Morgan fingerprint density at radius 3 is 2.53 bits per heavy atom. The number of hydrogen-bond acceptors (Lipinski definition) is 5. The van der Waals surface area contributed by atoms with Gasteiger partial charge in [-0.2, -0.15) is 5.26 Å². The minimum atomic E-state index is -0.0689. The van der Waals surface area contributed by atoms with Gasteiger partial charge < -0.3 is 19.4 Å². The zero-order valence-electron chi connectivity index (χ0n) is 19.9. The van der Waals surface area contributed by atoms with E-state index in [9.17, 15) is 10.1 Å². The van der Waals surface area contributed by atoms with Crippen LogP contribution in [0.1, 0.15) is 82.2 Å². The maximum atomic E-state index is 13.5. The Labute approximate surface area is 191 Å². The molecule has 0 bridgehead atoms. The number of para-hydroxylation sites is 1. The molecule has 1 fully saturated rings. The molecule has 6 heteroatoms. The Balaban J connectivity index is 1.74. The van der Waals surface area contributed by atoms with Crippen molar-refractivity contribution in [3.8, 4) is 11.8 Å². The molecule has 1 aromatic heterocycles. The third kappa shape index (κ3) is 5.92. The molecule has 1 amide bonds. The van der Waals surface area contributed by atoms with E-state index in [2.05, 4.69) is 46.0 Å². The number of carbonyl (C=O) groups is 1. The topological polar surface area (TPSA) is 78.5 Å². The van der Waals surface area contributed by atoms with Crippen LogP contribution in [0.3, 0.4) is 0 Å². The zero-order valence-corrected chi connectivity index (χ0v) is 19.9. The highest BCUT2D eigenvalue weighted by molar-refractivity contribution is 5.91. The zero-order chi connectivity index (χ0) is 23.4. The van der Waals surface area contributed by atoms with Crippen LogP contribution in [0.4, 0.5) is 0 Å². The van der Waals surface area contributed by atoms with E-state index in [1.54, 1.807) is 30.3 Å². The monoisotopic (exact) mass is 437 g/mol. The Bertz CT molecular complexity index is 955. The summed E-state index contributed by atoms with van der Waals surface area (Å²) in [5, 5.41) is 12.9. The van der Waals surface area contributed by atoms with E-state index in [4.69, 9.17) is 9.15 Å². The minimum Gasteiger partial charge on any atom is -0.484 e. The number of nitrogens with one attached hydrogen (secondary N) is 1. The quantitative estimate of drug-likeness (QED) is 0.608. The van der Waals surface area contributed by atoms with Crippen molar-refractivity contribution in [3.63, 3.8) is 0 Å². The average Bonchev–Trinajstić information content (AvgIpc) is 3.19. The first-order valence-electron chi connectivity index (χ1n) is 11.4. The number of rotatable bonds is 8. The van der Waals surface area contributed by atoms with Crippen LogP contribution in [-0.4, -0.2) is 34.5 Å². The van der Waals surface area contributed by atoms with Gasteiger partial charge in [0.1, 0.15) is 24.2 Å². The van der Waals surface area contributed by atoms with Gasteiger partial charge in [-0.25, -0.2) is 0 Å². The first-order chi connectivity index (χ1) is 15.1. The number of benzene rings is 1. The van der Waals surface area contributed by atoms with Gasteiger partial charge in [-0.3, -0.25) is 4.79 Å². The Morgan fingerprint density at radius 1 is 1.19 bits per heavy atom. The number of ether oxygens (including phenoxy) is 1. The van der Waals surface area contributed by atoms with Crippen LogP contribution in [-0.2, 0) is 6.61 Å². The largest absolute Gasteiger partial charge is 0.484 e. The van der Waals surface area contributed by atoms with Gasteiger partial charge in [0.05, 0.1) is 5.56 Å². The van der Waals surface area contributed by atoms with Crippen molar-refractivity contribution >= 4 is 5.91 Å². The standard InChI is InChI=1S/C26H35N3O3/c1-6-7-14-29(20-15-25(2,3)28-26(4,5)16-20)24(30)23-13-12-21(32-23)18-31-22-11-9-8-10-19(22)17-27/h8-13,20,28H,6-7,14-16,18H2,1-5H3. The van der Waals surface area contributed by atoms with E-state index < -0.39 is 0 Å². The molecular weight excluding hydrogens is 402 g/mol. The van der Waals surface area contributed by atoms with Crippen molar-refractivity contribution < 1.29 is 13.9 Å². The Morgan fingerprint density at radius 2 is 1.88 bits per heavy atom. The molecule has 0 unspecified atom stereocenters. The second kappa shape index (κ2) is 9.79. The third-order valence-electron chi connectivity index (χ3n) is 5.87. The first-order valence-corrected chi connectivity index (χ1v) is 11.4. The van der Waals surface area contributed by atoms with Gasteiger partial charge in [0.25, 0.3) is 5.91 Å². The Hall–Kier alpha value is -2.78. The maximum Gasteiger partial charge on any atom is 0.289 e. The van der Waals surface area contributed by atoms with Crippen molar-refractivity contribution in [3.05, 3.63) is 53.5 Å². The predicted molar refractivity (Wildman–Crippen MR) is 124 cm³/mol. The first kappa shape index (κ1) is 23.9. The third-order valence-corrected chi connectivity index (χ3v) is 5.87. The van der Waals surface area contributed by atoms with E-state index in [0.29, 0.717) is 29.4 Å². The maximum absolute atomic E-state index is 13.5. The summed E-state index contributed by atoms with van der Waals surface area (Å²) < 4.78 is 11.6. The second-order valence-corrected chi connectivity index (χ2v) is 9.97. The Kier molecular flexibility index (Phi) is 7.30. The van der Waals surface area contributed by atoms with Crippen molar-refractivity contribution in [1.29, 1.82) is 5.26 Å². The van der Waals surface area contributed by atoms with Crippen LogP contribution in [0.5, 0.6) is 5.75 Å². The molecule has 3 rings (SSSR count). The summed E-state index contributed by atoms with van der Waals surface area (Å²) in [7, 11) is 0. The fraction of sp³-hybridized carbons (Fsp3) is 0.538. The molecule has 0 saturated carbocycles. The number of carbonyl (C=O) groups excluding carboxylic acids is 1. The van der Waals surface area contributed by atoms with E-state index in [1.165, 1.54) is 0 Å². The number of piperidine rings is 1. The molecule has 32 heavy (non-hydrogen) atoms. The highest BCUT2D eigenvalue weighted by atomic mass is 16.5. The molecule has 0 spiro atoms. The molecule has 2 aromatic rings. The average molecular weight is 438 g/mol. The van der Waals surface area contributed by atoms with Crippen molar-refractivity contribution in [1.82, 2.24) is 10.2 Å². The number of furan rings is 1. The van der Waals surface area contributed by atoms with Crippen LogP contribution >= 0.6 is 0 Å². The van der Waals surface area contributed by atoms with Crippen LogP contribution in [0.25, 0.3) is 0 Å². The summed E-state index contributed by atoms with van der Waals surface area (Å²) in [5.74, 6) is 1.33. The lowest BCUT2D eigenvalue weighted by Crippen LogP contribution is -2.62. The van der Waals surface area contributed by atoms with Gasteiger partial charge in [0.15, 0.2) is 5.76 Å². The minimum absolute atomic E-state index is 0.0482. The summed E-state index contributed by atoms with van der Waals surface area (Å²) in [6.45, 7) is 11.8. The molecular formula is C26H35N3O3. The summed E-state index contributed by atoms with van der Waals surface area (Å²) in [6, 6.07) is 12.8. The van der Waals surface area contributed by atoms with Gasteiger partial charge >= 0.3 is 0 Å². The predicted octanol–water partition coefficient (Wildman–Crippen LogP) is 5.28. The van der Waals surface area contributed by atoms with Crippen molar-refractivity contribution in [2.75, 3.05) is 6.54 Å². The molecule has 6 nitrogen and oxygen atoms in total. The molecule has 1 aliphatic heterocycles. The van der Waals surface area contributed by atoms with Gasteiger partial charge in [-0.05, 0) is 71.2 Å².